The molecule has 0 atom stereocenters. The number of nitrogens with one attached hydrogen (secondary N) is 1. The van der Waals surface area contributed by atoms with E-state index in [1.807, 2.05) is 12.1 Å². The fourth-order valence-electron chi connectivity index (χ4n) is 1.45. The summed E-state index contributed by atoms with van der Waals surface area (Å²) in [6.07, 6.45) is 0. The third-order valence-electron chi connectivity index (χ3n) is 2.24. The maximum Gasteiger partial charge on any atom is 0.0451 e. The molecule has 1 aromatic carbocycles. The van der Waals surface area contributed by atoms with Gasteiger partial charge < -0.3 is 5.32 Å². The summed E-state index contributed by atoms with van der Waals surface area (Å²) >= 11 is 17.2. The van der Waals surface area contributed by atoms with E-state index in [4.69, 9.17) is 23.2 Å². The lowest BCUT2D eigenvalue weighted by molar-refractivity contribution is 0.701. The molecule has 0 aliphatic rings. The van der Waals surface area contributed by atoms with Gasteiger partial charge in [0.2, 0.25) is 0 Å². The number of benzene rings is 1. The van der Waals surface area contributed by atoms with E-state index in [2.05, 4.69) is 32.7 Å². The molecule has 0 saturated heterocycles. The fourth-order valence-corrected chi connectivity index (χ4v) is 3.25. The van der Waals surface area contributed by atoms with E-state index >= 15 is 0 Å². The van der Waals surface area contributed by atoms with E-state index in [1.165, 1.54) is 4.88 Å². The van der Waals surface area contributed by atoms with Crippen LogP contribution < -0.4 is 5.32 Å². The molecule has 0 fully saturated rings. The molecular weight excluding hydrogens is 341 g/mol. The van der Waals surface area contributed by atoms with Crippen LogP contribution in [-0.4, -0.2) is 0 Å². The molecule has 1 aromatic heterocycles. The SMILES string of the molecule is Clc1ccc(Cl)c(CNCc2cc(Br)cs2)c1. The Hall–Kier alpha value is -0.0600. The van der Waals surface area contributed by atoms with Crippen LogP contribution in [0, 0.1) is 0 Å². The van der Waals surface area contributed by atoms with Crippen LogP contribution in [0.25, 0.3) is 0 Å². The molecule has 0 saturated carbocycles. The van der Waals surface area contributed by atoms with Crippen molar-refractivity contribution in [2.24, 2.45) is 0 Å². The molecule has 90 valence electrons. The van der Waals surface area contributed by atoms with Crippen LogP contribution in [0.15, 0.2) is 34.1 Å². The predicted octanol–water partition coefficient (Wildman–Crippen LogP) is 5.11. The van der Waals surface area contributed by atoms with E-state index in [1.54, 1.807) is 17.4 Å². The fraction of sp³-hybridized carbons (Fsp3) is 0.167. The van der Waals surface area contributed by atoms with Gasteiger partial charge in [0.15, 0.2) is 0 Å². The molecular formula is C12H10BrCl2NS. The second kappa shape index (κ2) is 6.21. The van der Waals surface area contributed by atoms with Gasteiger partial charge in [-0.25, -0.2) is 0 Å². The Bertz CT molecular complexity index is 513. The van der Waals surface area contributed by atoms with Crippen molar-refractivity contribution in [3.63, 3.8) is 0 Å². The first-order chi connectivity index (χ1) is 8.15. The van der Waals surface area contributed by atoms with Crippen LogP contribution >= 0.6 is 50.5 Å². The Labute approximate surface area is 123 Å². The molecule has 1 N–H and O–H groups in total. The topological polar surface area (TPSA) is 12.0 Å². The van der Waals surface area contributed by atoms with Crippen LogP contribution in [0.3, 0.4) is 0 Å². The Balaban J connectivity index is 1.91. The molecule has 5 heteroatoms. The van der Waals surface area contributed by atoms with Crippen molar-refractivity contribution >= 4 is 50.5 Å². The maximum atomic E-state index is 6.08. The first-order valence-electron chi connectivity index (χ1n) is 5.03. The summed E-state index contributed by atoms with van der Waals surface area (Å²) in [6, 6.07) is 7.62. The van der Waals surface area contributed by atoms with Crippen LogP contribution in [0.1, 0.15) is 10.4 Å². The predicted molar refractivity (Wildman–Crippen MR) is 79.0 cm³/mol. The lowest BCUT2D eigenvalue weighted by Gasteiger charge is -2.06. The number of hydrogen-bond acceptors (Lipinski definition) is 2. The van der Waals surface area contributed by atoms with Gasteiger partial charge in [-0.15, -0.1) is 11.3 Å². The zero-order chi connectivity index (χ0) is 12.3. The van der Waals surface area contributed by atoms with Crippen molar-refractivity contribution in [2.75, 3.05) is 0 Å². The third-order valence-corrected chi connectivity index (χ3v) is 4.55. The summed E-state index contributed by atoms with van der Waals surface area (Å²) < 4.78 is 1.13. The second-order valence-corrected chi connectivity index (χ2v) is 6.33. The minimum Gasteiger partial charge on any atom is -0.308 e. The minimum absolute atomic E-state index is 0.713. The molecule has 17 heavy (non-hydrogen) atoms. The molecule has 1 heterocycles. The molecule has 2 aromatic rings. The lowest BCUT2D eigenvalue weighted by atomic mass is 10.2. The normalized spacial score (nSPS) is 10.8. The van der Waals surface area contributed by atoms with Gasteiger partial charge in [-0.2, -0.15) is 0 Å². The van der Waals surface area contributed by atoms with Crippen molar-refractivity contribution in [3.8, 4) is 0 Å². The first-order valence-corrected chi connectivity index (χ1v) is 7.45. The van der Waals surface area contributed by atoms with E-state index in [-0.39, 0.29) is 0 Å². The molecule has 0 amide bonds. The largest absolute Gasteiger partial charge is 0.308 e. The highest BCUT2D eigenvalue weighted by molar-refractivity contribution is 9.10. The van der Waals surface area contributed by atoms with Crippen LogP contribution in [0.5, 0.6) is 0 Å². The Morgan fingerprint density at radius 1 is 1.18 bits per heavy atom. The standard InChI is InChI=1S/C12H10BrCl2NS/c13-9-4-11(17-7-9)6-16-5-8-3-10(14)1-2-12(8)15/h1-4,7,16H,5-6H2. The van der Waals surface area contributed by atoms with Gasteiger partial charge in [0.1, 0.15) is 0 Å². The average Bonchev–Trinajstić information content (AvgIpc) is 2.69. The third kappa shape index (κ3) is 3.97. The van der Waals surface area contributed by atoms with Gasteiger partial charge in [0.05, 0.1) is 0 Å². The lowest BCUT2D eigenvalue weighted by Crippen LogP contribution is -2.12. The average molecular weight is 351 g/mol. The molecule has 0 radical (unpaired) electrons. The van der Waals surface area contributed by atoms with E-state index in [9.17, 15) is 0 Å². The Kier molecular flexibility index (Phi) is 4.88. The molecule has 0 aliphatic carbocycles. The summed E-state index contributed by atoms with van der Waals surface area (Å²) in [4.78, 5) is 1.29. The van der Waals surface area contributed by atoms with Gasteiger partial charge >= 0.3 is 0 Å². The molecule has 0 bridgehead atoms. The summed E-state index contributed by atoms with van der Waals surface area (Å²) in [5.74, 6) is 0. The van der Waals surface area contributed by atoms with Crippen LogP contribution in [0.2, 0.25) is 10.0 Å². The summed E-state index contributed by atoms with van der Waals surface area (Å²) in [7, 11) is 0. The highest BCUT2D eigenvalue weighted by Crippen LogP contribution is 2.22. The smallest absolute Gasteiger partial charge is 0.0451 e. The van der Waals surface area contributed by atoms with E-state index < -0.39 is 0 Å². The van der Waals surface area contributed by atoms with Gasteiger partial charge in [-0.1, -0.05) is 23.2 Å². The minimum atomic E-state index is 0.713. The van der Waals surface area contributed by atoms with Crippen molar-refractivity contribution < 1.29 is 0 Å². The molecule has 0 spiro atoms. The number of rotatable bonds is 4. The Morgan fingerprint density at radius 3 is 2.71 bits per heavy atom. The number of thiophene rings is 1. The zero-order valence-corrected chi connectivity index (χ0v) is 12.8. The van der Waals surface area contributed by atoms with Gasteiger partial charge in [-0.3, -0.25) is 0 Å². The van der Waals surface area contributed by atoms with Crippen LogP contribution in [-0.2, 0) is 13.1 Å². The van der Waals surface area contributed by atoms with Gasteiger partial charge in [0.25, 0.3) is 0 Å². The monoisotopic (exact) mass is 349 g/mol. The molecule has 1 nitrogen and oxygen atoms in total. The maximum absolute atomic E-state index is 6.08. The van der Waals surface area contributed by atoms with Gasteiger partial charge in [0, 0.05) is 37.9 Å². The Morgan fingerprint density at radius 2 is 2.00 bits per heavy atom. The molecule has 2 rings (SSSR count). The summed E-state index contributed by atoms with van der Waals surface area (Å²) in [5.41, 5.74) is 1.02. The quantitative estimate of drug-likeness (QED) is 0.808. The zero-order valence-electron chi connectivity index (χ0n) is 8.84. The highest BCUT2D eigenvalue weighted by atomic mass is 79.9. The number of halogens is 3. The van der Waals surface area contributed by atoms with E-state index in [0.717, 1.165) is 28.1 Å². The highest BCUT2D eigenvalue weighted by Gasteiger charge is 2.02. The van der Waals surface area contributed by atoms with Crippen molar-refractivity contribution in [1.82, 2.24) is 5.32 Å². The summed E-state index contributed by atoms with van der Waals surface area (Å²) in [5, 5.41) is 6.88. The number of hydrogen-bond donors (Lipinski definition) is 1. The molecule has 0 aliphatic heterocycles. The molecule has 0 unspecified atom stereocenters. The van der Waals surface area contributed by atoms with Crippen molar-refractivity contribution in [2.45, 2.75) is 13.1 Å². The second-order valence-electron chi connectivity index (χ2n) is 3.57. The van der Waals surface area contributed by atoms with Crippen LogP contribution in [0.4, 0.5) is 0 Å². The van der Waals surface area contributed by atoms with E-state index in [0.29, 0.717) is 5.02 Å². The first kappa shape index (κ1) is 13.4. The van der Waals surface area contributed by atoms with Gasteiger partial charge in [-0.05, 0) is 45.8 Å². The van der Waals surface area contributed by atoms with Crippen molar-refractivity contribution in [1.29, 1.82) is 0 Å². The van der Waals surface area contributed by atoms with Crippen molar-refractivity contribution in [3.05, 3.63) is 54.6 Å². The summed E-state index contributed by atoms with van der Waals surface area (Å²) in [6.45, 7) is 1.55.